The van der Waals surface area contributed by atoms with Gasteiger partial charge in [0, 0.05) is 31.6 Å². The third-order valence-corrected chi connectivity index (χ3v) is 7.29. The summed E-state index contributed by atoms with van der Waals surface area (Å²) < 4.78 is 40.3. The highest BCUT2D eigenvalue weighted by molar-refractivity contribution is 5.88. The maximum atomic E-state index is 12.7. The van der Waals surface area contributed by atoms with Gasteiger partial charge in [0.15, 0.2) is 11.5 Å². The molecule has 1 fully saturated rings. The molecule has 1 heterocycles. The third kappa shape index (κ3) is 9.54. The quantitative estimate of drug-likeness (QED) is 0.106. The second kappa shape index (κ2) is 16.1. The van der Waals surface area contributed by atoms with Crippen molar-refractivity contribution in [2.45, 2.75) is 39.0 Å². The second-order valence-electron chi connectivity index (χ2n) is 10.6. The first-order valence-electron chi connectivity index (χ1n) is 14.6. The van der Waals surface area contributed by atoms with Crippen LogP contribution in [-0.2, 0) is 15.9 Å². The van der Waals surface area contributed by atoms with E-state index in [1.54, 1.807) is 32.5 Å². The minimum atomic E-state index is -0.239. The van der Waals surface area contributed by atoms with Crippen LogP contribution < -0.4 is 25.3 Å². The van der Waals surface area contributed by atoms with E-state index in [9.17, 15) is 4.39 Å². The van der Waals surface area contributed by atoms with Crippen LogP contribution in [0.1, 0.15) is 41.0 Å². The van der Waals surface area contributed by atoms with E-state index < -0.39 is 0 Å². The van der Waals surface area contributed by atoms with Crippen LogP contribution >= 0.6 is 0 Å². The fourth-order valence-electron chi connectivity index (χ4n) is 4.52. The molecule has 8 nitrogen and oxygen atoms in total. The van der Waals surface area contributed by atoms with Gasteiger partial charge in [-0.05, 0) is 79.8 Å². The molecule has 4 aromatic rings. The molecule has 3 aromatic carbocycles. The Morgan fingerprint density at radius 2 is 1.60 bits per heavy atom. The maximum Gasteiger partial charge on any atom is 0.162 e. The monoisotopic (exact) mass is 595 g/mol. The number of ether oxygens (including phenoxy) is 5. The number of nitrogens with two attached hydrogens (primary N) is 1. The van der Waals surface area contributed by atoms with Gasteiger partial charge in [0.05, 0.1) is 39.7 Å². The van der Waals surface area contributed by atoms with Crippen LogP contribution in [-0.4, -0.2) is 45.9 Å². The summed E-state index contributed by atoms with van der Waals surface area (Å²) in [5.74, 6) is 2.62. The van der Waals surface area contributed by atoms with Gasteiger partial charge in [0.2, 0.25) is 0 Å². The average molecular weight is 596 g/mol. The van der Waals surface area contributed by atoms with Crippen molar-refractivity contribution in [2.24, 2.45) is 11.1 Å². The molecule has 1 aliphatic rings. The average Bonchev–Trinajstić information content (AvgIpc) is 3.82. The first kappa shape index (κ1) is 32.0. The molecule has 0 spiro atoms. The summed E-state index contributed by atoms with van der Waals surface area (Å²) in [5, 5.41) is 3.96. The summed E-state index contributed by atoms with van der Waals surface area (Å²) in [6.45, 7) is 4.21. The Hall–Kier alpha value is -3.92. The lowest BCUT2D eigenvalue weighted by Crippen LogP contribution is -2.21. The van der Waals surface area contributed by atoms with Crippen LogP contribution in [0.15, 0.2) is 72.9 Å². The Morgan fingerprint density at radius 3 is 2.26 bits per heavy atom. The SMILES string of the molecule is CCCCc1ccc(Oc2ccnc3cc(OC)c(OC)cc23)cc1.NCOCC1(COCNc2ccc(F)cc2)CC1.[HH].[HH]. The standard InChI is InChI=1S/C21H23NO3.C13H19FN2O2.2H2/c1-4-5-6-15-7-9-16(10-8-15)25-19-11-12-22-18-14-21(24-3)20(23-2)13-17(18)19;14-11-1-3-12(4-2-11)16-10-18-8-13(5-6-13)7-17-9-15;;/h7-14H,4-6H2,1-3H3;1-4,16H,5-10,15H2;2*1H. The van der Waals surface area contributed by atoms with Crippen molar-refractivity contribution in [2.75, 3.05) is 46.2 Å². The van der Waals surface area contributed by atoms with E-state index in [0.717, 1.165) is 47.4 Å². The zero-order chi connectivity index (χ0) is 30.5. The van der Waals surface area contributed by atoms with Gasteiger partial charge < -0.3 is 34.7 Å². The smallest absolute Gasteiger partial charge is 0.162 e. The Kier molecular flexibility index (Phi) is 12.0. The zero-order valence-electron chi connectivity index (χ0n) is 25.2. The molecular formula is C34H46FN3O5. The molecule has 3 N–H and O–H groups in total. The predicted octanol–water partition coefficient (Wildman–Crippen LogP) is 7.80. The highest BCUT2D eigenvalue weighted by Gasteiger charge is 2.43. The first-order valence-corrected chi connectivity index (χ1v) is 14.6. The van der Waals surface area contributed by atoms with Crippen molar-refractivity contribution in [3.8, 4) is 23.0 Å². The Labute approximate surface area is 256 Å². The summed E-state index contributed by atoms with van der Waals surface area (Å²) in [7, 11) is 3.24. The highest BCUT2D eigenvalue weighted by atomic mass is 19.1. The fourth-order valence-corrected chi connectivity index (χ4v) is 4.52. The van der Waals surface area contributed by atoms with Crippen LogP contribution in [0, 0.1) is 11.2 Å². The molecule has 43 heavy (non-hydrogen) atoms. The van der Waals surface area contributed by atoms with Crippen molar-refractivity contribution in [1.29, 1.82) is 0 Å². The number of fused-ring (bicyclic) bond motifs is 1. The topological polar surface area (TPSA) is 97.1 Å². The minimum absolute atomic E-state index is 0. The van der Waals surface area contributed by atoms with Gasteiger partial charge in [-0.2, -0.15) is 0 Å². The Morgan fingerprint density at radius 1 is 0.907 bits per heavy atom. The summed E-state index contributed by atoms with van der Waals surface area (Å²) in [6.07, 6.45) is 7.50. The van der Waals surface area contributed by atoms with E-state index >= 15 is 0 Å². The lowest BCUT2D eigenvalue weighted by Gasteiger charge is -2.15. The molecule has 0 radical (unpaired) electrons. The predicted molar refractivity (Wildman–Crippen MR) is 172 cm³/mol. The lowest BCUT2D eigenvalue weighted by molar-refractivity contribution is 0.0353. The number of nitrogens with one attached hydrogen (secondary N) is 1. The number of pyridine rings is 1. The number of aryl methyl sites for hydroxylation is 1. The van der Waals surface area contributed by atoms with Gasteiger partial charge >= 0.3 is 0 Å². The van der Waals surface area contributed by atoms with Gasteiger partial charge in [-0.25, -0.2) is 4.39 Å². The van der Waals surface area contributed by atoms with Crippen LogP contribution in [0.25, 0.3) is 10.9 Å². The lowest BCUT2D eigenvalue weighted by atomic mass is 10.1. The molecular weight excluding hydrogens is 549 g/mol. The number of hydrogen-bond donors (Lipinski definition) is 2. The molecule has 0 unspecified atom stereocenters. The number of halogens is 1. The molecule has 0 saturated heterocycles. The number of hydrogen-bond acceptors (Lipinski definition) is 8. The molecule has 1 saturated carbocycles. The van der Waals surface area contributed by atoms with Crippen molar-refractivity contribution in [3.63, 3.8) is 0 Å². The molecule has 0 amide bonds. The van der Waals surface area contributed by atoms with E-state index in [1.807, 2.05) is 30.3 Å². The molecule has 1 aromatic heterocycles. The molecule has 5 rings (SSSR count). The van der Waals surface area contributed by atoms with Crippen LogP contribution in [0.5, 0.6) is 23.0 Å². The largest absolute Gasteiger partial charge is 0.493 e. The molecule has 234 valence electrons. The minimum Gasteiger partial charge on any atom is -0.493 e. The number of rotatable bonds is 15. The van der Waals surface area contributed by atoms with Gasteiger partial charge in [0.1, 0.15) is 24.0 Å². The van der Waals surface area contributed by atoms with Crippen molar-refractivity contribution in [3.05, 3.63) is 84.3 Å². The number of nitrogens with zero attached hydrogens (tertiary/aromatic N) is 1. The molecule has 0 atom stereocenters. The van der Waals surface area contributed by atoms with E-state index in [0.29, 0.717) is 31.4 Å². The summed E-state index contributed by atoms with van der Waals surface area (Å²) in [6, 6.07) is 20.1. The van der Waals surface area contributed by atoms with Crippen molar-refractivity contribution < 1.29 is 30.9 Å². The molecule has 1 aliphatic carbocycles. The maximum absolute atomic E-state index is 12.7. The number of anilines is 1. The van der Waals surface area contributed by atoms with E-state index in [2.05, 4.69) is 29.4 Å². The summed E-state index contributed by atoms with van der Waals surface area (Å²) in [4.78, 5) is 4.40. The van der Waals surface area contributed by atoms with E-state index in [-0.39, 0.29) is 20.8 Å². The van der Waals surface area contributed by atoms with E-state index in [4.69, 9.17) is 29.4 Å². The Balaban J connectivity index is 0.000000315. The van der Waals surface area contributed by atoms with E-state index in [1.165, 1.54) is 30.5 Å². The van der Waals surface area contributed by atoms with Gasteiger partial charge in [-0.1, -0.05) is 25.5 Å². The number of methoxy groups -OCH3 is 2. The fraction of sp³-hybridized carbons (Fsp3) is 0.382. The number of unbranched alkanes of at least 4 members (excludes halogenated alkanes) is 1. The van der Waals surface area contributed by atoms with Gasteiger partial charge in [-0.3, -0.25) is 4.98 Å². The van der Waals surface area contributed by atoms with Gasteiger partial charge in [0.25, 0.3) is 0 Å². The van der Waals surface area contributed by atoms with Crippen molar-refractivity contribution in [1.82, 2.24) is 4.98 Å². The number of benzene rings is 3. The Bertz CT molecular complexity index is 1420. The normalized spacial score (nSPS) is 13.1. The summed E-state index contributed by atoms with van der Waals surface area (Å²) in [5.41, 5.74) is 8.45. The number of aromatic nitrogens is 1. The summed E-state index contributed by atoms with van der Waals surface area (Å²) >= 11 is 0. The molecule has 0 bridgehead atoms. The highest BCUT2D eigenvalue weighted by Crippen LogP contribution is 2.46. The molecule has 9 heteroatoms. The van der Waals surface area contributed by atoms with Crippen LogP contribution in [0.2, 0.25) is 0 Å². The van der Waals surface area contributed by atoms with Crippen LogP contribution in [0.4, 0.5) is 10.1 Å². The van der Waals surface area contributed by atoms with Crippen LogP contribution in [0.3, 0.4) is 0 Å². The van der Waals surface area contributed by atoms with Crippen molar-refractivity contribution >= 4 is 16.6 Å². The first-order chi connectivity index (χ1) is 21.0. The third-order valence-electron chi connectivity index (χ3n) is 7.29. The van der Waals surface area contributed by atoms with Gasteiger partial charge in [-0.15, -0.1) is 0 Å². The zero-order valence-corrected chi connectivity index (χ0v) is 25.2. The second-order valence-corrected chi connectivity index (χ2v) is 10.6. The molecule has 0 aliphatic heterocycles.